The summed E-state index contributed by atoms with van der Waals surface area (Å²) in [6, 6.07) is 18.8. The summed E-state index contributed by atoms with van der Waals surface area (Å²) >= 11 is 0. The van der Waals surface area contributed by atoms with Gasteiger partial charge in [-0.05, 0) is 29.7 Å². The Morgan fingerprint density at radius 3 is 2.21 bits per heavy atom. The molecule has 3 rings (SSSR count). The fraction of sp³-hybridized carbons (Fsp3) is 0.333. The summed E-state index contributed by atoms with van der Waals surface area (Å²) < 4.78 is 0. The van der Waals surface area contributed by atoms with Crippen LogP contribution < -0.4 is 5.73 Å². The first kappa shape index (κ1) is 16.7. The molecule has 1 aliphatic heterocycles. The number of rotatable bonds is 6. The molecule has 0 amide bonds. The fourth-order valence-corrected chi connectivity index (χ4v) is 3.07. The van der Waals surface area contributed by atoms with Gasteiger partial charge in [-0.1, -0.05) is 54.6 Å². The smallest absolute Gasteiger partial charge is 0.0314 e. The average molecular weight is 321 g/mol. The van der Waals surface area contributed by atoms with Crippen LogP contribution in [0.2, 0.25) is 0 Å². The largest absolute Gasteiger partial charge is 0.399 e. The van der Waals surface area contributed by atoms with Gasteiger partial charge in [0.2, 0.25) is 0 Å². The molecule has 0 aromatic heterocycles. The topological polar surface area (TPSA) is 32.5 Å². The summed E-state index contributed by atoms with van der Waals surface area (Å²) in [5.74, 6) is 0. The summed E-state index contributed by atoms with van der Waals surface area (Å²) in [4.78, 5) is 5.09. The maximum absolute atomic E-state index is 5.74. The van der Waals surface area contributed by atoms with Gasteiger partial charge in [-0.3, -0.25) is 4.90 Å². The predicted octanol–water partition coefficient (Wildman–Crippen LogP) is 3.14. The summed E-state index contributed by atoms with van der Waals surface area (Å²) in [5, 5.41) is 0. The molecule has 0 radical (unpaired) electrons. The molecule has 3 heteroatoms. The van der Waals surface area contributed by atoms with Crippen molar-refractivity contribution in [1.82, 2.24) is 9.80 Å². The third-order valence-corrected chi connectivity index (χ3v) is 4.63. The number of piperazine rings is 1. The first-order chi connectivity index (χ1) is 11.8. The van der Waals surface area contributed by atoms with Crippen molar-refractivity contribution in [2.45, 2.75) is 6.42 Å². The van der Waals surface area contributed by atoms with Gasteiger partial charge >= 0.3 is 0 Å². The predicted molar refractivity (Wildman–Crippen MR) is 103 cm³/mol. The molecule has 0 atom stereocenters. The Bertz CT molecular complexity index is 626. The number of nitrogen functional groups attached to an aromatic ring is 1. The highest BCUT2D eigenvalue weighted by atomic mass is 15.3. The van der Waals surface area contributed by atoms with Crippen molar-refractivity contribution in [1.29, 1.82) is 0 Å². The van der Waals surface area contributed by atoms with Crippen molar-refractivity contribution in [2.75, 3.05) is 45.0 Å². The zero-order valence-electron chi connectivity index (χ0n) is 14.3. The maximum Gasteiger partial charge on any atom is 0.0314 e. The number of hydrogen-bond acceptors (Lipinski definition) is 3. The molecule has 2 aromatic carbocycles. The molecule has 0 saturated carbocycles. The van der Waals surface area contributed by atoms with E-state index >= 15 is 0 Å². The Morgan fingerprint density at radius 2 is 1.50 bits per heavy atom. The second-order valence-corrected chi connectivity index (χ2v) is 6.45. The SMILES string of the molecule is Nc1ccc(CCN2CCN(C/C=C/c3ccccc3)CC2)cc1. The van der Waals surface area contributed by atoms with Crippen LogP contribution in [-0.4, -0.2) is 49.1 Å². The van der Waals surface area contributed by atoms with Crippen LogP contribution in [0.3, 0.4) is 0 Å². The second-order valence-electron chi connectivity index (χ2n) is 6.45. The van der Waals surface area contributed by atoms with Crippen LogP contribution in [0, 0.1) is 0 Å². The van der Waals surface area contributed by atoms with Crippen molar-refractivity contribution < 1.29 is 0 Å². The van der Waals surface area contributed by atoms with Crippen molar-refractivity contribution in [2.24, 2.45) is 0 Å². The molecule has 0 bridgehead atoms. The first-order valence-corrected chi connectivity index (χ1v) is 8.80. The van der Waals surface area contributed by atoms with Gasteiger partial charge < -0.3 is 10.6 Å². The van der Waals surface area contributed by atoms with E-state index < -0.39 is 0 Å². The van der Waals surface area contributed by atoms with Crippen LogP contribution in [-0.2, 0) is 6.42 Å². The van der Waals surface area contributed by atoms with Gasteiger partial charge in [-0.15, -0.1) is 0 Å². The fourth-order valence-electron chi connectivity index (χ4n) is 3.07. The molecule has 2 aromatic rings. The number of anilines is 1. The monoisotopic (exact) mass is 321 g/mol. The van der Waals surface area contributed by atoms with E-state index in [1.54, 1.807) is 0 Å². The zero-order chi connectivity index (χ0) is 16.6. The maximum atomic E-state index is 5.74. The Hall–Kier alpha value is -2.10. The molecule has 3 nitrogen and oxygen atoms in total. The average Bonchev–Trinajstić information content (AvgIpc) is 2.63. The molecule has 126 valence electrons. The lowest BCUT2D eigenvalue weighted by Crippen LogP contribution is -2.46. The van der Waals surface area contributed by atoms with E-state index in [-0.39, 0.29) is 0 Å². The van der Waals surface area contributed by atoms with E-state index in [4.69, 9.17) is 5.73 Å². The Kier molecular flexibility index (Phi) is 6.05. The highest BCUT2D eigenvalue weighted by Gasteiger charge is 2.15. The third-order valence-electron chi connectivity index (χ3n) is 4.63. The summed E-state index contributed by atoms with van der Waals surface area (Å²) in [6.45, 7) is 6.81. The van der Waals surface area contributed by atoms with E-state index in [0.717, 1.165) is 51.4 Å². The minimum Gasteiger partial charge on any atom is -0.399 e. The third kappa shape index (κ3) is 5.22. The van der Waals surface area contributed by atoms with Crippen molar-refractivity contribution in [3.63, 3.8) is 0 Å². The molecule has 24 heavy (non-hydrogen) atoms. The van der Waals surface area contributed by atoms with Gasteiger partial charge in [0.25, 0.3) is 0 Å². The van der Waals surface area contributed by atoms with Crippen molar-refractivity contribution in [3.8, 4) is 0 Å². The quantitative estimate of drug-likeness (QED) is 0.830. The van der Waals surface area contributed by atoms with Crippen LogP contribution in [0.15, 0.2) is 60.7 Å². The van der Waals surface area contributed by atoms with Gasteiger partial charge in [0, 0.05) is 45.0 Å². The Balaban J connectivity index is 1.36. The number of benzene rings is 2. The lowest BCUT2D eigenvalue weighted by molar-refractivity contribution is 0.144. The van der Waals surface area contributed by atoms with Gasteiger partial charge in [0.1, 0.15) is 0 Å². The first-order valence-electron chi connectivity index (χ1n) is 8.80. The van der Waals surface area contributed by atoms with E-state index in [2.05, 4.69) is 64.4 Å². The summed E-state index contributed by atoms with van der Waals surface area (Å²) in [5.41, 5.74) is 9.23. The van der Waals surface area contributed by atoms with Crippen molar-refractivity contribution in [3.05, 3.63) is 71.8 Å². The number of nitrogens with zero attached hydrogens (tertiary/aromatic N) is 2. The molecule has 0 spiro atoms. The van der Waals surface area contributed by atoms with Gasteiger partial charge in [-0.25, -0.2) is 0 Å². The molecule has 1 fully saturated rings. The number of hydrogen-bond donors (Lipinski definition) is 1. The van der Waals surface area contributed by atoms with Crippen molar-refractivity contribution >= 4 is 11.8 Å². The minimum absolute atomic E-state index is 0.843. The molecule has 0 aliphatic carbocycles. The molecule has 1 heterocycles. The van der Waals surface area contributed by atoms with Crippen LogP contribution in [0.4, 0.5) is 5.69 Å². The number of nitrogens with two attached hydrogens (primary N) is 1. The highest BCUT2D eigenvalue weighted by Crippen LogP contribution is 2.09. The lowest BCUT2D eigenvalue weighted by Gasteiger charge is -2.34. The molecule has 1 aliphatic rings. The molecular formula is C21H27N3. The zero-order valence-corrected chi connectivity index (χ0v) is 14.3. The molecular weight excluding hydrogens is 294 g/mol. The standard InChI is InChI=1S/C21H27N3/c22-21-10-8-20(9-11-21)12-14-24-17-15-23(16-18-24)13-4-7-19-5-2-1-3-6-19/h1-11H,12-18,22H2/b7-4+. The van der Waals surface area contributed by atoms with Gasteiger partial charge in [-0.2, -0.15) is 0 Å². The van der Waals surface area contributed by atoms with E-state index in [0.29, 0.717) is 0 Å². The van der Waals surface area contributed by atoms with Crippen LogP contribution in [0.5, 0.6) is 0 Å². The molecule has 0 unspecified atom stereocenters. The van der Waals surface area contributed by atoms with Crippen LogP contribution in [0.1, 0.15) is 11.1 Å². The van der Waals surface area contributed by atoms with E-state index in [1.165, 1.54) is 11.1 Å². The summed E-state index contributed by atoms with van der Waals surface area (Å²) in [7, 11) is 0. The van der Waals surface area contributed by atoms with Crippen LogP contribution >= 0.6 is 0 Å². The normalized spacial score (nSPS) is 16.7. The molecule has 1 saturated heterocycles. The lowest BCUT2D eigenvalue weighted by atomic mass is 10.1. The van der Waals surface area contributed by atoms with E-state index in [9.17, 15) is 0 Å². The second kappa shape index (κ2) is 8.67. The van der Waals surface area contributed by atoms with Gasteiger partial charge in [0.05, 0.1) is 0 Å². The minimum atomic E-state index is 0.843. The van der Waals surface area contributed by atoms with E-state index in [1.807, 2.05) is 12.1 Å². The Morgan fingerprint density at radius 1 is 0.833 bits per heavy atom. The molecule has 2 N–H and O–H groups in total. The summed E-state index contributed by atoms with van der Waals surface area (Å²) in [6.07, 6.45) is 5.60. The highest BCUT2D eigenvalue weighted by molar-refractivity contribution is 5.48. The van der Waals surface area contributed by atoms with Gasteiger partial charge in [0.15, 0.2) is 0 Å². The Labute approximate surface area is 145 Å². The van der Waals surface area contributed by atoms with Crippen LogP contribution in [0.25, 0.3) is 6.08 Å².